The van der Waals surface area contributed by atoms with Gasteiger partial charge in [-0.2, -0.15) is 5.26 Å². The van der Waals surface area contributed by atoms with Gasteiger partial charge in [0.05, 0.1) is 16.9 Å². The summed E-state index contributed by atoms with van der Waals surface area (Å²) >= 11 is 1.16. The molecule has 0 bridgehead atoms. The van der Waals surface area contributed by atoms with Crippen molar-refractivity contribution in [3.63, 3.8) is 0 Å². The molecule has 1 N–H and O–H groups in total. The summed E-state index contributed by atoms with van der Waals surface area (Å²) in [7, 11) is 0. The molecule has 0 radical (unpaired) electrons. The number of hydrogen-bond acceptors (Lipinski definition) is 7. The van der Waals surface area contributed by atoms with E-state index in [-0.39, 0.29) is 12.5 Å². The lowest BCUT2D eigenvalue weighted by Crippen LogP contribution is -2.22. The second-order valence-electron chi connectivity index (χ2n) is 6.01. The number of rotatable bonds is 7. The molecule has 1 atom stereocenters. The number of aromatic nitrogens is 2. The Kier molecular flexibility index (Phi) is 6.29. The number of nitrogens with one attached hydrogen (secondary N) is 1. The van der Waals surface area contributed by atoms with Gasteiger partial charge in [0, 0.05) is 5.69 Å². The highest BCUT2D eigenvalue weighted by atomic mass is 32.2. The molecule has 1 heterocycles. The van der Waals surface area contributed by atoms with Crippen molar-refractivity contribution in [1.82, 2.24) is 10.2 Å². The van der Waals surface area contributed by atoms with E-state index in [1.807, 2.05) is 37.3 Å². The third-order valence-electron chi connectivity index (χ3n) is 3.73. The first-order valence-electron chi connectivity index (χ1n) is 8.53. The fourth-order valence-corrected chi connectivity index (χ4v) is 2.97. The first-order chi connectivity index (χ1) is 13.5. The molecule has 142 valence electrons. The maximum absolute atomic E-state index is 12.3. The summed E-state index contributed by atoms with van der Waals surface area (Å²) in [5, 5.41) is 19.3. The minimum atomic E-state index is -0.443. The Hall–Kier alpha value is -3.31. The summed E-state index contributed by atoms with van der Waals surface area (Å²) in [5.74, 6) is 0.858. The highest BCUT2D eigenvalue weighted by Crippen LogP contribution is 2.23. The summed E-state index contributed by atoms with van der Waals surface area (Å²) in [4.78, 5) is 12.3. The van der Waals surface area contributed by atoms with E-state index in [4.69, 9.17) is 14.4 Å². The predicted molar refractivity (Wildman–Crippen MR) is 105 cm³/mol. The second-order valence-corrected chi connectivity index (χ2v) is 7.30. The molecule has 8 heteroatoms. The molecule has 28 heavy (non-hydrogen) atoms. The van der Waals surface area contributed by atoms with E-state index in [1.54, 1.807) is 31.2 Å². The third kappa shape index (κ3) is 5.34. The molecule has 0 spiro atoms. The van der Waals surface area contributed by atoms with E-state index in [0.717, 1.165) is 23.1 Å². The standard InChI is InChI=1S/C20H18N4O3S/c1-13-4-3-5-17(10-13)26-12-18-23-24-20(27-18)28-14(2)19(25)22-16-8-6-15(11-21)7-9-16/h3-10,14H,12H2,1-2H3,(H,22,25)/t14-/m0/s1. The van der Waals surface area contributed by atoms with Gasteiger partial charge in [-0.1, -0.05) is 23.9 Å². The normalized spacial score (nSPS) is 11.5. The van der Waals surface area contributed by atoms with Crippen LogP contribution >= 0.6 is 11.8 Å². The van der Waals surface area contributed by atoms with Crippen LogP contribution in [0.3, 0.4) is 0 Å². The van der Waals surface area contributed by atoms with E-state index in [1.165, 1.54) is 0 Å². The lowest BCUT2D eigenvalue weighted by Gasteiger charge is -2.09. The second kappa shape index (κ2) is 9.06. The molecule has 7 nitrogen and oxygen atoms in total. The zero-order valence-electron chi connectivity index (χ0n) is 15.4. The van der Waals surface area contributed by atoms with Crippen LogP contribution in [0.15, 0.2) is 58.2 Å². The molecule has 0 unspecified atom stereocenters. The first-order valence-corrected chi connectivity index (χ1v) is 9.41. The van der Waals surface area contributed by atoms with Crippen LogP contribution in [0.5, 0.6) is 5.75 Å². The van der Waals surface area contributed by atoms with Crippen molar-refractivity contribution in [2.75, 3.05) is 5.32 Å². The summed E-state index contributed by atoms with van der Waals surface area (Å²) in [6.45, 7) is 3.89. The summed E-state index contributed by atoms with van der Waals surface area (Å²) in [6.07, 6.45) is 0. The summed E-state index contributed by atoms with van der Waals surface area (Å²) < 4.78 is 11.2. The van der Waals surface area contributed by atoms with Gasteiger partial charge in [-0.05, 0) is 55.8 Å². The topological polar surface area (TPSA) is 101 Å². The van der Waals surface area contributed by atoms with Crippen molar-refractivity contribution >= 4 is 23.4 Å². The molecule has 3 aromatic rings. The quantitative estimate of drug-likeness (QED) is 0.606. The highest BCUT2D eigenvalue weighted by molar-refractivity contribution is 8.00. The predicted octanol–water partition coefficient (Wildman–Crippen LogP) is 3.95. The molecule has 0 saturated carbocycles. The molecule has 0 aliphatic rings. The van der Waals surface area contributed by atoms with Crippen molar-refractivity contribution in [3.05, 3.63) is 65.5 Å². The van der Waals surface area contributed by atoms with E-state index in [0.29, 0.717) is 22.4 Å². The Balaban J connectivity index is 1.51. The van der Waals surface area contributed by atoms with Gasteiger partial charge < -0.3 is 14.5 Å². The van der Waals surface area contributed by atoms with Crippen molar-refractivity contribution in [2.24, 2.45) is 0 Å². The van der Waals surface area contributed by atoms with Gasteiger partial charge in [0.1, 0.15) is 5.75 Å². The number of nitriles is 1. The molecule has 3 rings (SSSR count). The van der Waals surface area contributed by atoms with Gasteiger partial charge in [0.2, 0.25) is 5.91 Å². The van der Waals surface area contributed by atoms with Crippen LogP contribution in [0.2, 0.25) is 0 Å². The van der Waals surface area contributed by atoms with Crippen LogP contribution in [0.4, 0.5) is 5.69 Å². The Labute approximate surface area is 166 Å². The Morgan fingerprint density at radius 2 is 2.07 bits per heavy atom. The zero-order valence-corrected chi connectivity index (χ0v) is 16.2. The van der Waals surface area contributed by atoms with E-state index >= 15 is 0 Å². The molecular formula is C20H18N4O3S. The minimum Gasteiger partial charge on any atom is -0.484 e. The summed E-state index contributed by atoms with van der Waals surface area (Å²) in [6, 6.07) is 16.4. The van der Waals surface area contributed by atoms with Crippen LogP contribution in [-0.4, -0.2) is 21.4 Å². The lowest BCUT2D eigenvalue weighted by molar-refractivity contribution is -0.115. The number of thioether (sulfide) groups is 1. The Bertz CT molecular complexity index is 995. The molecule has 0 aliphatic heterocycles. The Morgan fingerprint density at radius 3 is 2.79 bits per heavy atom. The number of benzene rings is 2. The number of anilines is 1. The number of aryl methyl sites for hydroxylation is 1. The number of hydrogen-bond donors (Lipinski definition) is 1. The minimum absolute atomic E-state index is 0.156. The fraction of sp³-hybridized carbons (Fsp3) is 0.200. The number of carbonyl (C=O) groups excluding carboxylic acids is 1. The Morgan fingerprint density at radius 1 is 1.29 bits per heavy atom. The van der Waals surface area contributed by atoms with Crippen molar-refractivity contribution < 1.29 is 13.9 Å². The number of nitrogens with zero attached hydrogens (tertiary/aromatic N) is 3. The number of amides is 1. The lowest BCUT2D eigenvalue weighted by atomic mass is 10.2. The van der Waals surface area contributed by atoms with Gasteiger partial charge in [0.25, 0.3) is 11.1 Å². The average Bonchev–Trinajstić information content (AvgIpc) is 3.14. The van der Waals surface area contributed by atoms with Crippen molar-refractivity contribution in [1.29, 1.82) is 5.26 Å². The maximum atomic E-state index is 12.3. The van der Waals surface area contributed by atoms with Gasteiger partial charge in [-0.25, -0.2) is 0 Å². The molecule has 0 aliphatic carbocycles. The van der Waals surface area contributed by atoms with Crippen LogP contribution in [0.1, 0.15) is 23.9 Å². The molecule has 0 saturated heterocycles. The highest BCUT2D eigenvalue weighted by Gasteiger charge is 2.18. The molecule has 2 aromatic carbocycles. The van der Waals surface area contributed by atoms with Crippen molar-refractivity contribution in [2.45, 2.75) is 30.9 Å². The molecule has 1 amide bonds. The van der Waals surface area contributed by atoms with Crippen LogP contribution in [0, 0.1) is 18.3 Å². The molecule has 0 fully saturated rings. The van der Waals surface area contributed by atoms with E-state index in [2.05, 4.69) is 15.5 Å². The molecule has 1 aromatic heterocycles. The first kappa shape index (κ1) is 19.5. The van der Waals surface area contributed by atoms with Gasteiger partial charge >= 0.3 is 0 Å². The SMILES string of the molecule is Cc1cccc(OCc2nnc(S[C@@H](C)C(=O)Nc3ccc(C#N)cc3)o2)c1. The van der Waals surface area contributed by atoms with E-state index in [9.17, 15) is 4.79 Å². The number of ether oxygens (including phenoxy) is 1. The summed E-state index contributed by atoms with van der Waals surface area (Å²) in [5.41, 5.74) is 2.25. The largest absolute Gasteiger partial charge is 0.484 e. The van der Waals surface area contributed by atoms with Crippen LogP contribution in [0.25, 0.3) is 0 Å². The maximum Gasteiger partial charge on any atom is 0.277 e. The fourth-order valence-electron chi connectivity index (χ4n) is 2.27. The molecular weight excluding hydrogens is 376 g/mol. The monoisotopic (exact) mass is 394 g/mol. The average molecular weight is 394 g/mol. The van der Waals surface area contributed by atoms with Gasteiger partial charge in [-0.3, -0.25) is 4.79 Å². The van der Waals surface area contributed by atoms with Gasteiger partial charge in [-0.15, -0.1) is 10.2 Å². The van der Waals surface area contributed by atoms with Gasteiger partial charge in [0.15, 0.2) is 6.61 Å². The zero-order chi connectivity index (χ0) is 19.9. The third-order valence-corrected chi connectivity index (χ3v) is 4.66. The van der Waals surface area contributed by atoms with Crippen LogP contribution in [-0.2, 0) is 11.4 Å². The van der Waals surface area contributed by atoms with Crippen LogP contribution < -0.4 is 10.1 Å². The number of carbonyl (C=O) groups is 1. The smallest absolute Gasteiger partial charge is 0.277 e. The van der Waals surface area contributed by atoms with E-state index < -0.39 is 5.25 Å². The van der Waals surface area contributed by atoms with Crippen molar-refractivity contribution in [3.8, 4) is 11.8 Å².